The molecule has 1 radical (unpaired) electrons. The van der Waals surface area contributed by atoms with Crippen LogP contribution in [0.2, 0.25) is 0 Å². The zero-order valence-electron chi connectivity index (χ0n) is 8.88. The van der Waals surface area contributed by atoms with E-state index in [2.05, 4.69) is 40.5 Å². The van der Waals surface area contributed by atoms with Crippen LogP contribution in [-0.4, -0.2) is 0 Å². The van der Waals surface area contributed by atoms with Crippen molar-refractivity contribution in [3.05, 3.63) is 12.8 Å². The summed E-state index contributed by atoms with van der Waals surface area (Å²) in [5.41, 5.74) is 0. The Morgan fingerprint density at radius 1 is 0.833 bits per heavy atom. The summed E-state index contributed by atoms with van der Waals surface area (Å²) in [6, 6.07) is 0. The maximum atomic E-state index is 2.40. The van der Waals surface area contributed by atoms with Crippen LogP contribution in [0.5, 0.6) is 0 Å². The first-order chi connectivity index (χ1) is 5.13. The first-order valence-electron chi connectivity index (χ1n) is 4.79. The van der Waals surface area contributed by atoms with Crippen LogP contribution in [0.25, 0.3) is 0 Å². The van der Waals surface area contributed by atoms with E-state index in [0.29, 0.717) is 0 Å². The van der Waals surface area contributed by atoms with Crippen LogP contribution >= 0.6 is 0 Å². The van der Waals surface area contributed by atoms with Crippen molar-refractivity contribution in [2.75, 3.05) is 0 Å². The van der Waals surface area contributed by atoms with Gasteiger partial charge in [-0.25, -0.2) is 0 Å². The maximum Gasteiger partial charge on any atom is 2.00 e. The number of hydrogen-bond donors (Lipinski definition) is 0. The molecule has 0 aliphatic carbocycles. The Morgan fingerprint density at radius 3 is 1.42 bits per heavy atom. The van der Waals surface area contributed by atoms with Crippen LogP contribution in [0.1, 0.15) is 47.0 Å². The van der Waals surface area contributed by atoms with Gasteiger partial charge < -0.3 is 12.8 Å². The first kappa shape index (κ1) is 15.1. The van der Waals surface area contributed by atoms with Crippen molar-refractivity contribution in [3.63, 3.8) is 0 Å². The summed E-state index contributed by atoms with van der Waals surface area (Å²) in [5.74, 6) is 1.52. The molecule has 0 aliphatic rings. The number of unbranched alkanes of at least 4 members (excludes halogenated alkanes) is 2. The molecule has 0 heterocycles. The Kier molecular flexibility index (Phi) is 12.1. The predicted molar refractivity (Wildman–Crippen MR) is 52.1 cm³/mol. The summed E-state index contributed by atoms with van der Waals surface area (Å²) in [6.07, 6.45) is 8.68. The molecule has 0 saturated heterocycles. The maximum absolute atomic E-state index is 2.40. The molecule has 0 unspecified atom stereocenters. The molecule has 0 aromatic carbocycles. The summed E-state index contributed by atoms with van der Waals surface area (Å²) in [6.45, 7) is 8.97. The average Bonchev–Trinajstić information content (AvgIpc) is 1.85. The molecule has 0 amide bonds. The normalized spacial score (nSPS) is 10.5. The van der Waals surface area contributed by atoms with Crippen LogP contribution in [0.15, 0.2) is 0 Å². The third-order valence-electron chi connectivity index (χ3n) is 1.68. The number of hydrogen-bond acceptors (Lipinski definition) is 0. The molecule has 12 heavy (non-hydrogen) atoms. The summed E-state index contributed by atoms with van der Waals surface area (Å²) >= 11 is 0. The molecule has 0 nitrogen and oxygen atoms in total. The summed E-state index contributed by atoms with van der Waals surface area (Å²) in [4.78, 5) is 0. The minimum absolute atomic E-state index is 0. The van der Waals surface area contributed by atoms with Gasteiger partial charge in [0.05, 0.1) is 0 Å². The quantitative estimate of drug-likeness (QED) is 0.456. The molecule has 0 fully saturated rings. The minimum Gasteiger partial charge on any atom is -0.326 e. The topological polar surface area (TPSA) is 0 Å². The van der Waals surface area contributed by atoms with E-state index in [1.807, 2.05) is 0 Å². The van der Waals surface area contributed by atoms with Gasteiger partial charge in [-0.15, -0.1) is 6.42 Å². The monoisotopic (exact) mass is 205 g/mol. The second-order valence-corrected chi connectivity index (χ2v) is 3.89. The Labute approximate surface area is 90.4 Å². The van der Waals surface area contributed by atoms with Crippen molar-refractivity contribution in [3.8, 4) is 0 Å². The van der Waals surface area contributed by atoms with Crippen molar-refractivity contribution in [2.24, 2.45) is 11.8 Å². The second kappa shape index (κ2) is 9.67. The van der Waals surface area contributed by atoms with E-state index in [0.717, 1.165) is 11.8 Å². The third-order valence-corrected chi connectivity index (χ3v) is 1.68. The molecule has 0 spiro atoms. The molecule has 0 aliphatic heterocycles. The van der Waals surface area contributed by atoms with E-state index >= 15 is 0 Å². The fourth-order valence-electron chi connectivity index (χ4n) is 1.02. The molecule has 0 atom stereocenters. The molecular weight excluding hydrogens is 183 g/mol. The Morgan fingerprint density at radius 2 is 1.17 bits per heavy atom. The molecule has 0 bridgehead atoms. The number of rotatable bonds is 6. The van der Waals surface area contributed by atoms with Gasteiger partial charge in [0.15, 0.2) is 0 Å². The standard InChI is InChI=1S/C11H22.V/c1-10(2)8-6-5-7-9-11(3)4;/h8-11H,5-7H2,1-4H3;/q-2;+2. The fraction of sp³-hybridized carbons (Fsp3) is 0.818. The van der Waals surface area contributed by atoms with Gasteiger partial charge in [-0.3, -0.25) is 0 Å². The molecular formula is C11H22V. The van der Waals surface area contributed by atoms with Crippen LogP contribution in [0.4, 0.5) is 0 Å². The molecule has 1 heteroatoms. The van der Waals surface area contributed by atoms with Gasteiger partial charge in [-0.2, -0.15) is 24.7 Å². The van der Waals surface area contributed by atoms with Crippen molar-refractivity contribution in [1.29, 1.82) is 0 Å². The van der Waals surface area contributed by atoms with Gasteiger partial charge in [0.25, 0.3) is 0 Å². The van der Waals surface area contributed by atoms with Gasteiger partial charge in [0, 0.05) is 0 Å². The van der Waals surface area contributed by atoms with Gasteiger partial charge in [-0.1, -0.05) is 27.7 Å². The second-order valence-electron chi connectivity index (χ2n) is 3.89. The van der Waals surface area contributed by atoms with E-state index < -0.39 is 0 Å². The van der Waals surface area contributed by atoms with Crippen LogP contribution in [0.3, 0.4) is 0 Å². The average molecular weight is 205 g/mol. The summed E-state index contributed by atoms with van der Waals surface area (Å²) < 4.78 is 0. The molecule has 0 aromatic heterocycles. The first-order valence-corrected chi connectivity index (χ1v) is 4.79. The van der Waals surface area contributed by atoms with Gasteiger partial charge in [0.1, 0.15) is 0 Å². The van der Waals surface area contributed by atoms with Crippen LogP contribution in [-0.2, 0) is 18.6 Å². The largest absolute Gasteiger partial charge is 2.00 e. The van der Waals surface area contributed by atoms with E-state index in [1.165, 1.54) is 19.3 Å². The molecule has 0 rings (SSSR count). The smallest absolute Gasteiger partial charge is 0.326 e. The third kappa shape index (κ3) is 13.2. The van der Waals surface area contributed by atoms with Crippen LogP contribution in [0, 0.1) is 24.7 Å². The van der Waals surface area contributed by atoms with Crippen LogP contribution < -0.4 is 0 Å². The van der Waals surface area contributed by atoms with E-state index in [1.54, 1.807) is 0 Å². The fourth-order valence-corrected chi connectivity index (χ4v) is 1.02. The van der Waals surface area contributed by atoms with Crippen molar-refractivity contribution < 1.29 is 18.6 Å². The van der Waals surface area contributed by atoms with E-state index in [-0.39, 0.29) is 18.6 Å². The van der Waals surface area contributed by atoms with E-state index in [4.69, 9.17) is 0 Å². The zero-order chi connectivity index (χ0) is 8.69. The van der Waals surface area contributed by atoms with Gasteiger partial charge in [-0.05, 0) is 0 Å². The molecule has 71 valence electrons. The van der Waals surface area contributed by atoms with Crippen molar-refractivity contribution in [1.82, 2.24) is 0 Å². The molecule has 0 aromatic rings. The van der Waals surface area contributed by atoms with Gasteiger partial charge in [0.2, 0.25) is 0 Å². The van der Waals surface area contributed by atoms with E-state index in [9.17, 15) is 0 Å². The Hall–Kier alpha value is 0.584. The summed E-state index contributed by atoms with van der Waals surface area (Å²) in [7, 11) is 0. The Bertz CT molecular complexity index is 67.1. The van der Waals surface area contributed by atoms with Crippen molar-refractivity contribution >= 4 is 0 Å². The minimum atomic E-state index is 0. The Balaban J connectivity index is 0. The predicted octanol–water partition coefficient (Wildman–Crippen LogP) is 3.87. The van der Waals surface area contributed by atoms with Crippen molar-refractivity contribution in [2.45, 2.75) is 47.0 Å². The molecule has 0 saturated carbocycles. The zero-order valence-corrected chi connectivity index (χ0v) is 10.3. The summed E-state index contributed by atoms with van der Waals surface area (Å²) in [5, 5.41) is 0. The molecule has 0 N–H and O–H groups in total. The van der Waals surface area contributed by atoms with Gasteiger partial charge >= 0.3 is 18.6 Å². The SMILES string of the molecule is CC(C)[CH-]CCC[CH-]C(C)C.[V+2].